The summed E-state index contributed by atoms with van der Waals surface area (Å²) in [4.78, 5) is 15.7. The molecule has 2 atom stereocenters. The van der Waals surface area contributed by atoms with Crippen molar-refractivity contribution in [1.29, 1.82) is 0 Å². The van der Waals surface area contributed by atoms with Gasteiger partial charge in [-0.3, -0.25) is 10.1 Å². The second-order valence-corrected chi connectivity index (χ2v) is 6.87. The van der Waals surface area contributed by atoms with Gasteiger partial charge in [0, 0.05) is 28.0 Å². The first-order chi connectivity index (χ1) is 12.1. The van der Waals surface area contributed by atoms with Gasteiger partial charge in [0.1, 0.15) is 6.04 Å². The summed E-state index contributed by atoms with van der Waals surface area (Å²) in [5.74, 6) is -0.260. The van der Waals surface area contributed by atoms with Crippen molar-refractivity contribution in [2.24, 2.45) is 0 Å². The number of benzene rings is 2. The summed E-state index contributed by atoms with van der Waals surface area (Å²) in [6.07, 6.45) is 0.589. The molecule has 25 heavy (non-hydrogen) atoms. The van der Waals surface area contributed by atoms with E-state index in [9.17, 15) is 4.79 Å². The highest BCUT2D eigenvalue weighted by atomic mass is 35.5. The average Bonchev–Trinajstić information content (AvgIpc) is 2.99. The maximum atomic E-state index is 12.2. The molecule has 0 saturated carbocycles. The van der Waals surface area contributed by atoms with Gasteiger partial charge in [0.05, 0.1) is 13.2 Å². The maximum Gasteiger partial charge on any atom is 0.323 e. The fourth-order valence-corrected chi connectivity index (χ4v) is 3.98. The van der Waals surface area contributed by atoms with Crippen LogP contribution in [0.5, 0.6) is 0 Å². The highest BCUT2D eigenvalue weighted by Gasteiger charge is 2.35. The molecule has 0 fully saturated rings. The fourth-order valence-electron chi connectivity index (χ4n) is 3.64. The molecule has 2 heterocycles. The number of ether oxygens (including phenoxy) is 1. The second-order valence-electron chi connectivity index (χ2n) is 6.47. The predicted octanol–water partition coefficient (Wildman–Crippen LogP) is 3.91. The minimum Gasteiger partial charge on any atom is -0.468 e. The predicted molar refractivity (Wildman–Crippen MR) is 99.0 cm³/mol. The van der Waals surface area contributed by atoms with Crippen molar-refractivity contribution < 1.29 is 9.53 Å². The van der Waals surface area contributed by atoms with Gasteiger partial charge < -0.3 is 9.72 Å². The van der Waals surface area contributed by atoms with Crippen LogP contribution in [0.2, 0.25) is 5.02 Å². The average molecular weight is 355 g/mol. The summed E-state index contributed by atoms with van der Waals surface area (Å²) >= 11 is 6.52. The Balaban J connectivity index is 1.90. The number of fused-ring (bicyclic) bond motifs is 3. The van der Waals surface area contributed by atoms with Gasteiger partial charge in [0.15, 0.2) is 0 Å². The zero-order valence-electron chi connectivity index (χ0n) is 14.1. The standard InChI is InChI=1S/C20H19ClN2O2/c1-11-7-8-13(15(21)9-11)18-19-14(10-17(23-18)20(24)25-2)12-5-3-4-6-16(12)22-19/h3-9,17-18,22-23H,10H2,1-2H3/t17-,18-/m0/s1. The summed E-state index contributed by atoms with van der Waals surface area (Å²) in [7, 11) is 1.42. The van der Waals surface area contributed by atoms with E-state index in [2.05, 4.69) is 22.4 Å². The minimum absolute atomic E-state index is 0.187. The van der Waals surface area contributed by atoms with Crippen molar-refractivity contribution in [2.45, 2.75) is 25.4 Å². The largest absolute Gasteiger partial charge is 0.468 e. The Morgan fingerprint density at radius 2 is 2.04 bits per heavy atom. The van der Waals surface area contributed by atoms with E-state index in [0.29, 0.717) is 11.4 Å². The van der Waals surface area contributed by atoms with E-state index in [0.717, 1.165) is 33.3 Å². The van der Waals surface area contributed by atoms with Gasteiger partial charge in [0.25, 0.3) is 0 Å². The molecule has 0 bridgehead atoms. The van der Waals surface area contributed by atoms with Crippen LogP contribution in [0, 0.1) is 6.92 Å². The molecule has 2 N–H and O–H groups in total. The third kappa shape index (κ3) is 2.71. The third-order valence-electron chi connectivity index (χ3n) is 4.86. The Morgan fingerprint density at radius 3 is 2.80 bits per heavy atom. The van der Waals surface area contributed by atoms with Crippen LogP contribution >= 0.6 is 11.6 Å². The first-order valence-corrected chi connectivity index (χ1v) is 8.65. The molecule has 0 aliphatic carbocycles. The molecule has 1 aliphatic rings. The van der Waals surface area contributed by atoms with Crippen LogP contribution < -0.4 is 5.32 Å². The number of H-pyrrole nitrogens is 1. The quantitative estimate of drug-likeness (QED) is 0.686. The molecule has 4 nitrogen and oxygen atoms in total. The van der Waals surface area contributed by atoms with E-state index in [1.807, 2.05) is 37.3 Å². The Kier molecular flexibility index (Phi) is 4.02. The Morgan fingerprint density at radius 1 is 1.24 bits per heavy atom. The van der Waals surface area contributed by atoms with Gasteiger partial charge in [-0.05, 0) is 35.7 Å². The van der Waals surface area contributed by atoms with Crippen molar-refractivity contribution in [1.82, 2.24) is 10.3 Å². The van der Waals surface area contributed by atoms with Gasteiger partial charge in [0.2, 0.25) is 0 Å². The van der Waals surface area contributed by atoms with Gasteiger partial charge in [-0.1, -0.05) is 41.9 Å². The monoisotopic (exact) mass is 354 g/mol. The fraction of sp³-hybridized carbons (Fsp3) is 0.250. The normalized spacial score (nSPS) is 19.6. The number of aromatic nitrogens is 1. The van der Waals surface area contributed by atoms with Crippen LogP contribution in [0.25, 0.3) is 10.9 Å². The lowest BCUT2D eigenvalue weighted by atomic mass is 9.90. The highest BCUT2D eigenvalue weighted by molar-refractivity contribution is 6.31. The molecule has 4 rings (SSSR count). The number of para-hydroxylation sites is 1. The zero-order valence-corrected chi connectivity index (χ0v) is 14.9. The first kappa shape index (κ1) is 16.2. The van der Waals surface area contributed by atoms with Crippen LogP contribution in [0.3, 0.4) is 0 Å². The third-order valence-corrected chi connectivity index (χ3v) is 5.19. The molecule has 0 amide bonds. The van der Waals surface area contributed by atoms with E-state index < -0.39 is 6.04 Å². The number of halogens is 1. The van der Waals surface area contributed by atoms with Gasteiger partial charge in [-0.25, -0.2) is 0 Å². The van der Waals surface area contributed by atoms with Gasteiger partial charge >= 0.3 is 5.97 Å². The SMILES string of the molecule is COC(=O)[C@@H]1Cc2c([nH]c3ccccc23)[C@H](c2ccc(C)cc2Cl)N1. The van der Waals surface area contributed by atoms with Crippen molar-refractivity contribution in [3.8, 4) is 0 Å². The molecule has 0 unspecified atom stereocenters. The first-order valence-electron chi connectivity index (χ1n) is 8.28. The van der Waals surface area contributed by atoms with Crippen LogP contribution in [-0.4, -0.2) is 24.1 Å². The molecular weight excluding hydrogens is 336 g/mol. The molecule has 0 spiro atoms. The lowest BCUT2D eigenvalue weighted by Crippen LogP contribution is -2.45. The number of aryl methyl sites for hydroxylation is 1. The number of esters is 1. The number of hydrogen-bond acceptors (Lipinski definition) is 3. The number of rotatable bonds is 2. The van der Waals surface area contributed by atoms with Crippen molar-refractivity contribution in [2.75, 3.05) is 7.11 Å². The Hall–Kier alpha value is -2.30. The van der Waals surface area contributed by atoms with Crippen LogP contribution in [0.4, 0.5) is 0 Å². The van der Waals surface area contributed by atoms with Crippen molar-refractivity contribution in [3.63, 3.8) is 0 Å². The van der Waals surface area contributed by atoms with E-state index in [4.69, 9.17) is 16.3 Å². The highest BCUT2D eigenvalue weighted by Crippen LogP contribution is 2.37. The molecule has 2 aromatic carbocycles. The smallest absolute Gasteiger partial charge is 0.323 e. The van der Waals surface area contributed by atoms with Gasteiger partial charge in [-0.15, -0.1) is 0 Å². The number of carbonyl (C=O) groups excluding carboxylic acids is 1. The molecule has 1 aromatic heterocycles. The minimum atomic E-state index is -0.404. The number of aromatic amines is 1. The summed E-state index contributed by atoms with van der Waals surface area (Å²) in [5.41, 5.74) is 5.33. The molecule has 5 heteroatoms. The number of carbonyl (C=O) groups is 1. The Labute approximate surface area is 151 Å². The molecule has 0 saturated heterocycles. The van der Waals surface area contributed by atoms with Gasteiger partial charge in [-0.2, -0.15) is 0 Å². The summed E-state index contributed by atoms with van der Waals surface area (Å²) < 4.78 is 4.98. The van der Waals surface area contributed by atoms with E-state index in [-0.39, 0.29) is 12.0 Å². The molecule has 3 aromatic rings. The zero-order chi connectivity index (χ0) is 17.6. The lowest BCUT2D eigenvalue weighted by molar-refractivity contribution is -0.143. The number of methoxy groups -OCH3 is 1. The van der Waals surface area contributed by atoms with Crippen LogP contribution in [0.15, 0.2) is 42.5 Å². The van der Waals surface area contributed by atoms with Crippen molar-refractivity contribution in [3.05, 3.63) is 69.9 Å². The molecule has 1 aliphatic heterocycles. The molecule has 128 valence electrons. The van der Waals surface area contributed by atoms with Crippen LogP contribution in [0.1, 0.15) is 28.4 Å². The topological polar surface area (TPSA) is 54.1 Å². The lowest BCUT2D eigenvalue weighted by Gasteiger charge is -2.30. The van der Waals surface area contributed by atoms with E-state index in [1.54, 1.807) is 0 Å². The van der Waals surface area contributed by atoms with E-state index in [1.165, 1.54) is 7.11 Å². The molecular formula is C20H19ClN2O2. The van der Waals surface area contributed by atoms with Crippen molar-refractivity contribution >= 4 is 28.5 Å². The maximum absolute atomic E-state index is 12.2. The van der Waals surface area contributed by atoms with E-state index >= 15 is 0 Å². The summed E-state index contributed by atoms with van der Waals surface area (Å²) in [6.45, 7) is 2.01. The number of nitrogens with one attached hydrogen (secondary N) is 2. The summed E-state index contributed by atoms with van der Waals surface area (Å²) in [5, 5.41) is 5.24. The van der Waals surface area contributed by atoms with Crippen LogP contribution in [-0.2, 0) is 16.0 Å². The summed E-state index contributed by atoms with van der Waals surface area (Å²) in [6, 6.07) is 13.6. The number of hydrogen-bond donors (Lipinski definition) is 2. The second kappa shape index (κ2) is 6.21. The Bertz CT molecular complexity index is 963. The molecule has 0 radical (unpaired) electrons.